The maximum absolute atomic E-state index is 5.95. The topological polar surface area (TPSA) is 119 Å². The van der Waals surface area contributed by atoms with Crippen molar-refractivity contribution >= 4 is 40.4 Å². The predicted molar refractivity (Wildman–Crippen MR) is 204 cm³/mol. The maximum Gasteiger partial charge on any atom is 0.178 e. The molecule has 0 aliphatic carbocycles. The summed E-state index contributed by atoms with van der Waals surface area (Å²) in [6.45, 7) is 15.4. The number of hydrogen-bond donors (Lipinski definition) is 1. The van der Waals surface area contributed by atoms with E-state index in [2.05, 4.69) is 80.7 Å². The third-order valence-electron chi connectivity index (χ3n) is 8.08. The van der Waals surface area contributed by atoms with E-state index in [0.29, 0.717) is 11.6 Å². The van der Waals surface area contributed by atoms with Crippen LogP contribution in [0.25, 0.3) is 23.0 Å². The van der Waals surface area contributed by atoms with Gasteiger partial charge in [0.15, 0.2) is 11.6 Å². The molecule has 0 bridgehead atoms. The highest BCUT2D eigenvalue weighted by Gasteiger charge is 2.12. The van der Waals surface area contributed by atoms with Crippen molar-refractivity contribution in [2.75, 3.05) is 19.3 Å². The highest BCUT2D eigenvalue weighted by atomic mass is 32.1. The summed E-state index contributed by atoms with van der Waals surface area (Å²) in [5, 5.41) is 6.17. The minimum Gasteiger partial charge on any atom is -0.399 e. The van der Waals surface area contributed by atoms with Crippen LogP contribution in [0.5, 0.6) is 0 Å². The second-order valence-electron chi connectivity index (χ2n) is 12.3. The van der Waals surface area contributed by atoms with Crippen LogP contribution in [0.3, 0.4) is 0 Å². The normalized spacial score (nSPS) is 11.1. The third-order valence-corrected chi connectivity index (χ3v) is 9.78. The Labute approximate surface area is 297 Å². The van der Waals surface area contributed by atoms with Crippen molar-refractivity contribution < 1.29 is 0 Å². The lowest BCUT2D eigenvalue weighted by Crippen LogP contribution is -2.14. The zero-order chi connectivity index (χ0) is 35.1. The van der Waals surface area contributed by atoms with Crippen LogP contribution in [0.1, 0.15) is 61.4 Å². The number of nitrogens with two attached hydrogens (primary N) is 1. The molecule has 49 heavy (non-hydrogen) atoms. The van der Waals surface area contributed by atoms with Crippen molar-refractivity contribution in [2.24, 2.45) is 4.99 Å². The number of aryl methyl sites for hydroxylation is 6. The molecule has 4 heterocycles. The van der Waals surface area contributed by atoms with Crippen molar-refractivity contribution in [2.45, 2.75) is 61.3 Å². The van der Waals surface area contributed by atoms with E-state index in [1.165, 1.54) is 27.8 Å². The molecule has 11 heteroatoms. The Hall–Kier alpha value is -4.87. The molecule has 2 N–H and O–H groups in total. The van der Waals surface area contributed by atoms with E-state index in [1.54, 1.807) is 22.7 Å². The Morgan fingerprint density at radius 1 is 0.673 bits per heavy atom. The number of aromatic nitrogens is 6. The minimum absolute atomic E-state index is 0.679. The first kappa shape index (κ1) is 35.4. The summed E-state index contributed by atoms with van der Waals surface area (Å²) in [4.78, 5) is 33.4. The van der Waals surface area contributed by atoms with Gasteiger partial charge in [0.2, 0.25) is 0 Å². The van der Waals surface area contributed by atoms with Crippen LogP contribution in [0.2, 0.25) is 0 Å². The molecule has 4 aromatic heterocycles. The Morgan fingerprint density at radius 2 is 1.14 bits per heavy atom. The first-order valence-electron chi connectivity index (χ1n) is 16.2. The van der Waals surface area contributed by atoms with Gasteiger partial charge in [-0.15, -0.1) is 22.7 Å². The summed E-state index contributed by atoms with van der Waals surface area (Å²) >= 11 is 3.29. The fraction of sp³-hybridized carbons (Fsp3) is 0.289. The number of aliphatic imine (C=N–C) groups is 1. The number of anilines is 1. The van der Waals surface area contributed by atoms with Gasteiger partial charge in [0, 0.05) is 67.7 Å². The fourth-order valence-electron chi connectivity index (χ4n) is 4.89. The molecule has 0 saturated carbocycles. The Kier molecular flexibility index (Phi) is 11.6. The monoisotopic (exact) mass is 689 g/mol. The SMILES string of the molecule is CCN(C)C=Nc1cc(C)c(Cc2nc(-c3ncc(C)cn3)cs2)cc1C.Cc1cnc(-c2csc(Cc3cc(C)c(N)cc3C)n2)nc1. The highest BCUT2D eigenvalue weighted by Crippen LogP contribution is 2.28. The first-order chi connectivity index (χ1) is 23.5. The number of nitrogen functional groups attached to an aromatic ring is 1. The number of benzene rings is 2. The second-order valence-corrected chi connectivity index (χ2v) is 14.2. The van der Waals surface area contributed by atoms with Crippen LogP contribution in [0.15, 0.2) is 64.8 Å². The zero-order valence-corrected chi connectivity index (χ0v) is 31.1. The van der Waals surface area contributed by atoms with Crippen LogP contribution in [-0.4, -0.2) is 54.7 Å². The quantitative estimate of drug-likeness (QED) is 0.0913. The van der Waals surface area contributed by atoms with Gasteiger partial charge in [-0.25, -0.2) is 34.9 Å². The van der Waals surface area contributed by atoms with Crippen LogP contribution in [0, 0.1) is 41.5 Å². The highest BCUT2D eigenvalue weighted by molar-refractivity contribution is 7.10. The van der Waals surface area contributed by atoms with Crippen molar-refractivity contribution in [3.8, 4) is 23.0 Å². The van der Waals surface area contributed by atoms with Crippen molar-refractivity contribution in [3.05, 3.63) is 114 Å². The molecule has 0 spiro atoms. The largest absolute Gasteiger partial charge is 0.399 e. The summed E-state index contributed by atoms with van der Waals surface area (Å²) in [6.07, 6.45) is 10.8. The Bertz CT molecular complexity index is 2050. The molecular formula is C38H43N9S2. The van der Waals surface area contributed by atoms with Crippen molar-refractivity contribution in [1.82, 2.24) is 34.8 Å². The molecular weight excluding hydrogens is 647 g/mol. The third kappa shape index (κ3) is 9.39. The van der Waals surface area contributed by atoms with Gasteiger partial charge in [-0.05, 0) is 105 Å². The van der Waals surface area contributed by atoms with Crippen molar-refractivity contribution in [1.29, 1.82) is 0 Å². The molecule has 252 valence electrons. The molecule has 0 amide bonds. The van der Waals surface area contributed by atoms with E-state index in [4.69, 9.17) is 10.7 Å². The predicted octanol–water partition coefficient (Wildman–Crippen LogP) is 8.43. The molecule has 0 aliphatic heterocycles. The second kappa shape index (κ2) is 16.0. The summed E-state index contributed by atoms with van der Waals surface area (Å²) in [5.41, 5.74) is 18.8. The summed E-state index contributed by atoms with van der Waals surface area (Å²) < 4.78 is 0. The molecule has 0 atom stereocenters. The minimum atomic E-state index is 0.679. The van der Waals surface area contributed by atoms with Crippen LogP contribution in [0.4, 0.5) is 11.4 Å². The van der Waals surface area contributed by atoms with Gasteiger partial charge in [-0.1, -0.05) is 12.1 Å². The number of thiazole rings is 2. The molecule has 0 saturated heterocycles. The van der Waals surface area contributed by atoms with Crippen LogP contribution >= 0.6 is 22.7 Å². The fourth-order valence-corrected chi connectivity index (χ4v) is 6.48. The standard InChI is InChI=1S/C21H25N5S.C17H18N4S/c1-6-26(5)13-24-18-8-15(3)17(7-16(18)4)9-20-25-19(12-27-20)21-22-10-14(2)11-23-21;1-10-7-19-17(20-8-10)15-9-22-16(21-15)6-13-4-12(3)14(18)5-11(13)2/h7-8,10-13H,6,9H2,1-5H3;4-5,7-9H,6,18H2,1-3H3. The van der Waals surface area contributed by atoms with E-state index in [1.807, 2.05) is 75.8 Å². The number of rotatable bonds is 9. The number of nitrogens with zero attached hydrogens (tertiary/aromatic N) is 8. The van der Waals surface area contributed by atoms with E-state index in [0.717, 1.165) is 68.9 Å². The van der Waals surface area contributed by atoms with Gasteiger partial charge in [-0.3, -0.25) is 0 Å². The Morgan fingerprint density at radius 3 is 1.63 bits per heavy atom. The summed E-state index contributed by atoms with van der Waals surface area (Å²) in [6, 6.07) is 8.55. The summed E-state index contributed by atoms with van der Waals surface area (Å²) in [5.74, 6) is 1.36. The molecule has 2 aromatic carbocycles. The first-order valence-corrected chi connectivity index (χ1v) is 17.9. The number of hydrogen-bond acceptors (Lipinski definition) is 10. The van der Waals surface area contributed by atoms with Crippen LogP contribution in [-0.2, 0) is 12.8 Å². The van der Waals surface area contributed by atoms with Crippen molar-refractivity contribution in [3.63, 3.8) is 0 Å². The smallest absolute Gasteiger partial charge is 0.178 e. The van der Waals surface area contributed by atoms with Gasteiger partial charge in [0.1, 0.15) is 11.4 Å². The molecule has 0 unspecified atom stereocenters. The molecule has 0 fully saturated rings. The summed E-state index contributed by atoms with van der Waals surface area (Å²) in [7, 11) is 2.03. The van der Waals surface area contributed by atoms with Gasteiger partial charge < -0.3 is 10.6 Å². The molecule has 6 aromatic rings. The van der Waals surface area contributed by atoms with Gasteiger partial charge in [0.25, 0.3) is 0 Å². The van der Waals surface area contributed by atoms with E-state index >= 15 is 0 Å². The van der Waals surface area contributed by atoms with E-state index in [-0.39, 0.29) is 0 Å². The molecule has 0 radical (unpaired) electrons. The average Bonchev–Trinajstić information content (AvgIpc) is 3.75. The van der Waals surface area contributed by atoms with Gasteiger partial charge in [0.05, 0.1) is 22.0 Å². The lowest BCUT2D eigenvalue weighted by Gasteiger charge is -2.11. The van der Waals surface area contributed by atoms with E-state index < -0.39 is 0 Å². The lowest BCUT2D eigenvalue weighted by atomic mass is 10.0. The average molecular weight is 690 g/mol. The van der Waals surface area contributed by atoms with Crippen LogP contribution < -0.4 is 5.73 Å². The maximum atomic E-state index is 5.95. The zero-order valence-electron chi connectivity index (χ0n) is 29.4. The van der Waals surface area contributed by atoms with Gasteiger partial charge in [-0.2, -0.15) is 0 Å². The molecule has 9 nitrogen and oxygen atoms in total. The molecule has 0 aliphatic rings. The van der Waals surface area contributed by atoms with Gasteiger partial charge >= 0.3 is 0 Å². The lowest BCUT2D eigenvalue weighted by molar-refractivity contribution is 0.552. The molecule has 6 rings (SSSR count). The van der Waals surface area contributed by atoms with E-state index in [9.17, 15) is 0 Å². The Balaban J connectivity index is 0.000000195.